The van der Waals surface area contributed by atoms with E-state index in [1.165, 1.54) is 0 Å². The van der Waals surface area contributed by atoms with E-state index in [1.807, 2.05) is 18.2 Å². The van der Waals surface area contributed by atoms with Crippen LogP contribution in [0.4, 0.5) is 0 Å². The van der Waals surface area contributed by atoms with Crippen LogP contribution < -0.4 is 0 Å². The van der Waals surface area contributed by atoms with Crippen LogP contribution in [0.2, 0.25) is 0 Å². The largest absolute Gasteiger partial charge is 0.333 e. The Morgan fingerprint density at radius 2 is 1.96 bits per heavy atom. The molecule has 0 aliphatic carbocycles. The molecule has 146 valence electrons. The van der Waals surface area contributed by atoms with Gasteiger partial charge in [0.1, 0.15) is 5.69 Å². The molecule has 0 radical (unpaired) electrons. The van der Waals surface area contributed by atoms with Crippen molar-refractivity contribution in [3.05, 3.63) is 58.7 Å². The van der Waals surface area contributed by atoms with Crippen LogP contribution in [0.25, 0.3) is 10.9 Å². The van der Waals surface area contributed by atoms with Gasteiger partial charge in [-0.2, -0.15) is 5.10 Å². The summed E-state index contributed by atoms with van der Waals surface area (Å²) in [6, 6.07) is 13.7. The SMILES string of the molecule is Cn1nc2cc(Br)ccc2c1C(=O)N1CCCC1CS(=O)(=O)c1ccccc1. The summed E-state index contributed by atoms with van der Waals surface area (Å²) in [6.07, 6.45) is 1.47. The highest BCUT2D eigenvalue weighted by atomic mass is 79.9. The van der Waals surface area contributed by atoms with E-state index < -0.39 is 9.84 Å². The first-order valence-electron chi connectivity index (χ1n) is 9.08. The molecule has 0 N–H and O–H groups in total. The number of nitrogens with zero attached hydrogens (tertiary/aromatic N) is 3. The lowest BCUT2D eigenvalue weighted by Crippen LogP contribution is -2.40. The number of aromatic nitrogens is 2. The maximum absolute atomic E-state index is 13.3. The van der Waals surface area contributed by atoms with Gasteiger partial charge in [-0.3, -0.25) is 9.48 Å². The summed E-state index contributed by atoms with van der Waals surface area (Å²) in [5, 5.41) is 5.21. The highest BCUT2D eigenvalue weighted by molar-refractivity contribution is 9.10. The third-order valence-electron chi connectivity index (χ3n) is 5.15. The van der Waals surface area contributed by atoms with Gasteiger partial charge in [0, 0.05) is 29.5 Å². The molecule has 1 unspecified atom stereocenters. The van der Waals surface area contributed by atoms with E-state index >= 15 is 0 Å². The Bertz CT molecular complexity index is 1140. The van der Waals surface area contributed by atoms with Crippen LogP contribution in [0, 0.1) is 0 Å². The molecule has 1 aromatic heterocycles. The van der Waals surface area contributed by atoms with E-state index in [1.54, 1.807) is 47.0 Å². The van der Waals surface area contributed by atoms with E-state index in [0.29, 0.717) is 23.6 Å². The van der Waals surface area contributed by atoms with E-state index in [9.17, 15) is 13.2 Å². The van der Waals surface area contributed by atoms with Crippen LogP contribution in [-0.4, -0.2) is 47.3 Å². The number of carbonyl (C=O) groups is 1. The number of hydrogen-bond acceptors (Lipinski definition) is 4. The maximum Gasteiger partial charge on any atom is 0.273 e. The molecule has 6 nitrogen and oxygen atoms in total. The molecule has 3 aromatic rings. The normalized spacial score (nSPS) is 17.4. The second-order valence-electron chi connectivity index (χ2n) is 7.02. The molecular formula is C20H20BrN3O3S. The Morgan fingerprint density at radius 1 is 1.21 bits per heavy atom. The number of fused-ring (bicyclic) bond motifs is 1. The van der Waals surface area contributed by atoms with Crippen LogP contribution in [0.3, 0.4) is 0 Å². The van der Waals surface area contributed by atoms with Crippen LogP contribution in [0.5, 0.6) is 0 Å². The first-order chi connectivity index (χ1) is 13.4. The van der Waals surface area contributed by atoms with Gasteiger partial charge in [-0.15, -0.1) is 0 Å². The molecule has 8 heteroatoms. The molecule has 1 aliphatic heterocycles. The molecule has 0 spiro atoms. The Hall–Kier alpha value is -2.19. The number of benzene rings is 2. The second-order valence-corrected chi connectivity index (χ2v) is 9.97. The minimum absolute atomic E-state index is 0.0654. The van der Waals surface area contributed by atoms with Crippen LogP contribution >= 0.6 is 15.9 Å². The Labute approximate surface area is 172 Å². The maximum atomic E-state index is 13.3. The van der Waals surface area contributed by atoms with Crippen molar-refractivity contribution in [2.45, 2.75) is 23.8 Å². The van der Waals surface area contributed by atoms with Crippen LogP contribution in [0.15, 0.2) is 57.9 Å². The molecule has 0 bridgehead atoms. The number of hydrogen-bond donors (Lipinski definition) is 0. The molecule has 1 fully saturated rings. The average molecular weight is 462 g/mol. The number of likely N-dealkylation sites (tertiary alicyclic amines) is 1. The molecule has 1 amide bonds. The van der Waals surface area contributed by atoms with Gasteiger partial charge in [-0.25, -0.2) is 8.42 Å². The van der Waals surface area contributed by atoms with Gasteiger partial charge >= 0.3 is 0 Å². The molecule has 1 atom stereocenters. The zero-order chi connectivity index (χ0) is 19.9. The zero-order valence-electron chi connectivity index (χ0n) is 15.4. The second kappa shape index (κ2) is 7.33. The molecule has 2 heterocycles. The fraction of sp³-hybridized carbons (Fsp3) is 0.300. The van der Waals surface area contributed by atoms with Crippen LogP contribution in [0.1, 0.15) is 23.3 Å². The predicted molar refractivity (Wildman–Crippen MR) is 111 cm³/mol. The molecular weight excluding hydrogens is 442 g/mol. The lowest BCUT2D eigenvalue weighted by Gasteiger charge is -2.24. The summed E-state index contributed by atoms with van der Waals surface area (Å²) in [4.78, 5) is 15.3. The van der Waals surface area contributed by atoms with Gasteiger partial charge in [0.05, 0.1) is 16.2 Å². The number of sulfone groups is 1. The average Bonchev–Trinajstić information content (AvgIpc) is 3.24. The number of carbonyl (C=O) groups excluding carboxylic acids is 1. The molecule has 0 saturated carbocycles. The Balaban J connectivity index is 1.64. The van der Waals surface area contributed by atoms with Crippen molar-refractivity contribution in [2.24, 2.45) is 7.05 Å². The van der Waals surface area contributed by atoms with Gasteiger partial charge in [-0.1, -0.05) is 34.1 Å². The van der Waals surface area contributed by atoms with Crippen molar-refractivity contribution in [2.75, 3.05) is 12.3 Å². The van der Waals surface area contributed by atoms with E-state index in [4.69, 9.17) is 0 Å². The van der Waals surface area contributed by atoms with Crippen molar-refractivity contribution in [3.8, 4) is 0 Å². The van der Waals surface area contributed by atoms with Crippen molar-refractivity contribution < 1.29 is 13.2 Å². The fourth-order valence-electron chi connectivity index (χ4n) is 3.82. The number of aryl methyl sites for hydroxylation is 1. The number of halogens is 1. The van der Waals surface area contributed by atoms with E-state index in [-0.39, 0.29) is 17.7 Å². The Kier molecular flexibility index (Phi) is 5.01. The van der Waals surface area contributed by atoms with Gasteiger partial charge in [0.25, 0.3) is 5.91 Å². The first-order valence-corrected chi connectivity index (χ1v) is 11.5. The van der Waals surface area contributed by atoms with Gasteiger partial charge < -0.3 is 4.90 Å². The van der Waals surface area contributed by atoms with Gasteiger partial charge in [0.15, 0.2) is 9.84 Å². The fourth-order valence-corrected chi connectivity index (χ4v) is 5.78. The van der Waals surface area contributed by atoms with Crippen molar-refractivity contribution in [1.29, 1.82) is 0 Å². The molecule has 1 aliphatic rings. The minimum Gasteiger partial charge on any atom is -0.333 e. The quantitative estimate of drug-likeness (QED) is 0.596. The van der Waals surface area contributed by atoms with Crippen molar-refractivity contribution in [1.82, 2.24) is 14.7 Å². The summed E-state index contributed by atoms with van der Waals surface area (Å²) in [5.74, 6) is -0.234. The van der Waals surface area contributed by atoms with Crippen molar-refractivity contribution >= 4 is 42.6 Å². The van der Waals surface area contributed by atoms with Crippen molar-refractivity contribution in [3.63, 3.8) is 0 Å². The predicted octanol–water partition coefficient (Wildman–Crippen LogP) is 3.41. The summed E-state index contributed by atoms with van der Waals surface area (Å²) in [7, 11) is -1.72. The molecule has 1 saturated heterocycles. The highest BCUT2D eigenvalue weighted by Crippen LogP contribution is 2.28. The first kappa shape index (κ1) is 19.1. The summed E-state index contributed by atoms with van der Waals surface area (Å²) in [5.41, 5.74) is 1.22. The summed E-state index contributed by atoms with van der Waals surface area (Å²) >= 11 is 3.42. The third kappa shape index (κ3) is 3.46. The lowest BCUT2D eigenvalue weighted by atomic mass is 10.2. The molecule has 4 rings (SSSR count). The summed E-state index contributed by atoms with van der Waals surface area (Å²) < 4.78 is 28.1. The Morgan fingerprint density at radius 3 is 2.71 bits per heavy atom. The minimum atomic E-state index is -3.46. The van der Waals surface area contributed by atoms with E-state index in [2.05, 4.69) is 21.0 Å². The summed E-state index contributed by atoms with van der Waals surface area (Å²) in [6.45, 7) is 0.553. The standard InChI is InChI=1S/C20H20BrN3O3S/c1-23-19(17-10-9-14(21)12-18(17)22-23)20(25)24-11-5-6-15(24)13-28(26,27)16-7-3-2-4-8-16/h2-4,7-10,12,15H,5-6,11,13H2,1H3. The number of amides is 1. The van der Waals surface area contributed by atoms with Gasteiger partial charge in [0.2, 0.25) is 0 Å². The zero-order valence-corrected chi connectivity index (χ0v) is 17.8. The monoisotopic (exact) mass is 461 g/mol. The smallest absolute Gasteiger partial charge is 0.273 e. The van der Waals surface area contributed by atoms with Crippen LogP contribution in [-0.2, 0) is 16.9 Å². The third-order valence-corrected chi connectivity index (χ3v) is 7.46. The van der Waals surface area contributed by atoms with Gasteiger partial charge in [-0.05, 0) is 43.2 Å². The number of rotatable bonds is 4. The highest BCUT2D eigenvalue weighted by Gasteiger charge is 2.35. The lowest BCUT2D eigenvalue weighted by molar-refractivity contribution is 0.0740. The van der Waals surface area contributed by atoms with E-state index in [0.717, 1.165) is 21.8 Å². The molecule has 2 aromatic carbocycles. The molecule has 28 heavy (non-hydrogen) atoms. The topological polar surface area (TPSA) is 72.3 Å².